The summed E-state index contributed by atoms with van der Waals surface area (Å²) < 4.78 is 1.69. The zero-order valence-corrected chi connectivity index (χ0v) is 10.4. The summed E-state index contributed by atoms with van der Waals surface area (Å²) >= 11 is 0. The fraction of sp³-hybridized carbons (Fsp3) is 0.200. The van der Waals surface area contributed by atoms with Crippen LogP contribution in [0.4, 0.5) is 0 Å². The minimum Gasteiger partial charge on any atom is -0.386 e. The summed E-state index contributed by atoms with van der Waals surface area (Å²) in [4.78, 5) is 0. The van der Waals surface area contributed by atoms with Gasteiger partial charge in [-0.25, -0.2) is 4.68 Å². The van der Waals surface area contributed by atoms with Crippen molar-refractivity contribution < 1.29 is 5.11 Å². The number of aliphatic hydroxyl groups excluding tert-OH is 1. The molecular formula is C15H15N3O. The lowest BCUT2D eigenvalue weighted by molar-refractivity contribution is 0.150. The van der Waals surface area contributed by atoms with E-state index in [2.05, 4.69) is 22.5 Å². The van der Waals surface area contributed by atoms with Crippen molar-refractivity contribution in [2.45, 2.75) is 18.6 Å². The normalized spacial score (nSPS) is 16.1. The average molecular weight is 253 g/mol. The van der Waals surface area contributed by atoms with E-state index in [4.69, 9.17) is 0 Å². The van der Waals surface area contributed by atoms with E-state index >= 15 is 0 Å². The van der Waals surface area contributed by atoms with Gasteiger partial charge in [-0.1, -0.05) is 59.8 Å². The molecule has 0 bridgehead atoms. The maximum absolute atomic E-state index is 10.1. The Morgan fingerprint density at radius 1 is 1.16 bits per heavy atom. The molecule has 2 aromatic rings. The predicted molar refractivity (Wildman–Crippen MR) is 72.4 cm³/mol. The van der Waals surface area contributed by atoms with Gasteiger partial charge in [0.1, 0.15) is 0 Å². The van der Waals surface area contributed by atoms with Crippen molar-refractivity contribution in [2.24, 2.45) is 0 Å². The molecular weight excluding hydrogens is 238 g/mol. The maximum Gasteiger partial charge on any atom is 0.0986 e. The van der Waals surface area contributed by atoms with Crippen LogP contribution in [0.15, 0.2) is 60.8 Å². The van der Waals surface area contributed by atoms with Crippen molar-refractivity contribution in [3.63, 3.8) is 0 Å². The van der Waals surface area contributed by atoms with Gasteiger partial charge in [0.05, 0.1) is 18.3 Å². The molecule has 0 radical (unpaired) electrons. The SMILES string of the molecule is O[C@@H](Cn1cc(C2C=CC=C2)nn1)c1ccccc1. The van der Waals surface area contributed by atoms with E-state index in [1.165, 1.54) is 0 Å². The molecule has 1 aliphatic rings. The fourth-order valence-electron chi connectivity index (χ4n) is 2.14. The third-order valence-corrected chi connectivity index (χ3v) is 3.19. The Bertz CT molecular complexity index is 589. The smallest absolute Gasteiger partial charge is 0.0986 e. The minimum absolute atomic E-state index is 0.211. The van der Waals surface area contributed by atoms with Crippen LogP contribution < -0.4 is 0 Å². The summed E-state index contributed by atoms with van der Waals surface area (Å²) in [6.07, 6.45) is 9.47. The topological polar surface area (TPSA) is 50.9 Å². The van der Waals surface area contributed by atoms with Gasteiger partial charge in [-0.3, -0.25) is 0 Å². The van der Waals surface area contributed by atoms with Crippen LogP contribution in [0.5, 0.6) is 0 Å². The van der Waals surface area contributed by atoms with E-state index in [9.17, 15) is 5.11 Å². The second-order valence-corrected chi connectivity index (χ2v) is 4.59. The summed E-state index contributed by atoms with van der Waals surface area (Å²) in [6.45, 7) is 0.414. The number of allylic oxidation sites excluding steroid dienone is 4. The summed E-state index contributed by atoms with van der Waals surface area (Å²) in [7, 11) is 0. The number of nitrogens with zero attached hydrogens (tertiary/aromatic N) is 3. The van der Waals surface area contributed by atoms with Gasteiger partial charge in [-0.2, -0.15) is 0 Å². The first-order valence-electron chi connectivity index (χ1n) is 6.31. The van der Waals surface area contributed by atoms with Crippen molar-refractivity contribution >= 4 is 0 Å². The number of aromatic nitrogens is 3. The molecule has 19 heavy (non-hydrogen) atoms. The van der Waals surface area contributed by atoms with Gasteiger partial charge in [0, 0.05) is 12.1 Å². The first-order valence-corrected chi connectivity index (χ1v) is 6.31. The molecule has 0 unspecified atom stereocenters. The molecule has 1 aromatic heterocycles. The van der Waals surface area contributed by atoms with Crippen molar-refractivity contribution in [1.82, 2.24) is 15.0 Å². The van der Waals surface area contributed by atoms with Crippen LogP contribution in [0.2, 0.25) is 0 Å². The molecule has 4 heteroatoms. The number of hydrogen-bond donors (Lipinski definition) is 1. The Morgan fingerprint density at radius 3 is 2.63 bits per heavy atom. The lowest BCUT2D eigenvalue weighted by Gasteiger charge is -2.10. The van der Waals surface area contributed by atoms with Gasteiger partial charge < -0.3 is 5.11 Å². The van der Waals surface area contributed by atoms with Crippen LogP contribution in [-0.2, 0) is 6.54 Å². The molecule has 0 spiro atoms. The second kappa shape index (κ2) is 5.20. The molecule has 1 atom stereocenters. The molecule has 1 heterocycles. The summed E-state index contributed by atoms with van der Waals surface area (Å²) in [5.74, 6) is 0.211. The molecule has 1 aromatic carbocycles. The third-order valence-electron chi connectivity index (χ3n) is 3.19. The minimum atomic E-state index is -0.564. The number of benzene rings is 1. The van der Waals surface area contributed by atoms with E-state index < -0.39 is 6.10 Å². The molecule has 4 nitrogen and oxygen atoms in total. The highest BCUT2D eigenvalue weighted by Crippen LogP contribution is 2.21. The first kappa shape index (κ1) is 11.9. The van der Waals surface area contributed by atoms with Gasteiger partial charge in [-0.05, 0) is 5.56 Å². The van der Waals surface area contributed by atoms with Gasteiger partial charge in [0.15, 0.2) is 0 Å². The number of aliphatic hydroxyl groups is 1. The van der Waals surface area contributed by atoms with E-state index in [1.54, 1.807) is 4.68 Å². The maximum atomic E-state index is 10.1. The third kappa shape index (κ3) is 2.63. The summed E-state index contributed by atoms with van der Waals surface area (Å²) in [5, 5.41) is 18.3. The molecule has 0 saturated heterocycles. The molecule has 1 N–H and O–H groups in total. The van der Waals surface area contributed by atoms with Crippen molar-refractivity contribution in [3.8, 4) is 0 Å². The van der Waals surface area contributed by atoms with E-state index in [0.29, 0.717) is 6.54 Å². The van der Waals surface area contributed by atoms with Crippen molar-refractivity contribution in [1.29, 1.82) is 0 Å². The van der Waals surface area contributed by atoms with E-state index in [0.717, 1.165) is 11.3 Å². The van der Waals surface area contributed by atoms with E-state index in [-0.39, 0.29) is 5.92 Å². The Kier molecular flexibility index (Phi) is 3.25. The highest BCUT2D eigenvalue weighted by molar-refractivity contribution is 5.29. The second-order valence-electron chi connectivity index (χ2n) is 4.59. The van der Waals surface area contributed by atoms with Crippen molar-refractivity contribution in [3.05, 3.63) is 72.1 Å². The Hall–Kier alpha value is -2.20. The number of hydrogen-bond acceptors (Lipinski definition) is 3. The van der Waals surface area contributed by atoms with Crippen LogP contribution in [0.25, 0.3) is 0 Å². The van der Waals surface area contributed by atoms with Gasteiger partial charge in [0.2, 0.25) is 0 Å². The van der Waals surface area contributed by atoms with Crippen molar-refractivity contribution in [2.75, 3.05) is 0 Å². The molecule has 96 valence electrons. The highest BCUT2D eigenvalue weighted by Gasteiger charge is 2.13. The Balaban J connectivity index is 1.70. The highest BCUT2D eigenvalue weighted by atomic mass is 16.3. The van der Waals surface area contributed by atoms with Gasteiger partial charge in [0.25, 0.3) is 0 Å². The lowest BCUT2D eigenvalue weighted by Crippen LogP contribution is -2.09. The summed E-state index contributed by atoms with van der Waals surface area (Å²) in [5.41, 5.74) is 1.80. The van der Waals surface area contributed by atoms with Gasteiger partial charge >= 0.3 is 0 Å². The quantitative estimate of drug-likeness (QED) is 0.909. The van der Waals surface area contributed by atoms with Crippen LogP contribution in [-0.4, -0.2) is 20.1 Å². The molecule has 0 fully saturated rings. The van der Waals surface area contributed by atoms with Gasteiger partial charge in [-0.15, -0.1) is 5.10 Å². The fourth-order valence-corrected chi connectivity index (χ4v) is 2.14. The molecule has 0 amide bonds. The molecule has 0 aliphatic heterocycles. The molecule has 1 aliphatic carbocycles. The lowest BCUT2D eigenvalue weighted by atomic mass is 10.1. The van der Waals surface area contributed by atoms with Crippen LogP contribution in [0.3, 0.4) is 0 Å². The molecule has 0 saturated carbocycles. The summed E-state index contributed by atoms with van der Waals surface area (Å²) in [6, 6.07) is 9.58. The van der Waals surface area contributed by atoms with Crippen LogP contribution >= 0.6 is 0 Å². The van der Waals surface area contributed by atoms with E-state index in [1.807, 2.05) is 48.7 Å². The predicted octanol–water partition coefficient (Wildman–Crippen LogP) is 2.22. The number of rotatable bonds is 4. The molecule has 3 rings (SSSR count). The van der Waals surface area contributed by atoms with Crippen LogP contribution in [0.1, 0.15) is 23.3 Å². The Morgan fingerprint density at radius 2 is 1.89 bits per heavy atom. The largest absolute Gasteiger partial charge is 0.386 e. The zero-order chi connectivity index (χ0) is 13.1. The zero-order valence-electron chi connectivity index (χ0n) is 10.4. The average Bonchev–Trinajstić information content (AvgIpc) is 3.10. The standard InChI is InChI=1S/C15H15N3O/c19-15(13-8-2-1-3-9-13)11-18-10-14(16-17-18)12-6-4-5-7-12/h1-10,12,15,19H,11H2/t15-/m0/s1. The monoisotopic (exact) mass is 253 g/mol. The Labute approximate surface area is 111 Å². The first-order chi connectivity index (χ1) is 9.33. The van der Waals surface area contributed by atoms with Crippen LogP contribution in [0, 0.1) is 0 Å².